The molecule has 0 aliphatic heterocycles. The molecule has 0 aromatic heterocycles. The molecule has 0 saturated heterocycles. The number of rotatable bonds is 6. The summed E-state index contributed by atoms with van der Waals surface area (Å²) in [5, 5.41) is 0. The van der Waals surface area contributed by atoms with E-state index in [0.29, 0.717) is 0 Å². The third-order valence-electron chi connectivity index (χ3n) is 4.70. The highest BCUT2D eigenvalue weighted by atomic mass is 19.4. The minimum atomic E-state index is -5.67. The molecule has 0 spiro atoms. The van der Waals surface area contributed by atoms with Crippen LogP contribution < -0.4 is 11.5 Å². The minimum absolute atomic E-state index is 0.273. The molecule has 2 atom stereocenters. The molecule has 2 rings (SSSR count). The molecule has 0 bridgehead atoms. The van der Waals surface area contributed by atoms with E-state index in [1.807, 2.05) is 0 Å². The molecule has 0 aliphatic rings. The van der Waals surface area contributed by atoms with Crippen LogP contribution >= 0.6 is 0 Å². The third kappa shape index (κ3) is 4.27. The number of halogens is 6. The van der Waals surface area contributed by atoms with Crippen molar-refractivity contribution in [3.63, 3.8) is 0 Å². The summed E-state index contributed by atoms with van der Waals surface area (Å²) in [5.41, 5.74) is 7.49. The lowest BCUT2D eigenvalue weighted by molar-refractivity contribution is -0.354. The molecule has 0 saturated carbocycles. The average molecular weight is 390 g/mol. The summed E-state index contributed by atoms with van der Waals surface area (Å²) >= 11 is 0. The maximum absolute atomic E-state index is 13.9. The van der Waals surface area contributed by atoms with Crippen LogP contribution in [0.5, 0.6) is 0 Å². The van der Waals surface area contributed by atoms with Gasteiger partial charge in [-0.2, -0.15) is 26.3 Å². The second-order valence-electron chi connectivity index (χ2n) is 6.46. The predicted octanol–water partition coefficient (Wildman–Crippen LogP) is 4.24. The van der Waals surface area contributed by atoms with Crippen molar-refractivity contribution in [2.24, 2.45) is 16.9 Å². The first-order valence-corrected chi connectivity index (χ1v) is 8.22. The van der Waals surface area contributed by atoms with Crippen molar-refractivity contribution in [1.82, 2.24) is 0 Å². The topological polar surface area (TPSA) is 52.0 Å². The standard InChI is InChI=1S/C19H20F6N2/c20-18(21,22)17(19(23,24)25,15(26)11-13-7-3-1-4-8-13)16(27)12-14-9-5-2-6-10-14/h1-10,15-16H,11-12,26-27H2. The fourth-order valence-electron chi connectivity index (χ4n) is 3.33. The SMILES string of the molecule is NC(Cc1ccccc1)C(C(N)Cc1ccccc1)(C(F)(F)F)C(F)(F)F. The summed E-state index contributed by atoms with van der Waals surface area (Å²) in [6.45, 7) is 0. The van der Waals surface area contributed by atoms with Crippen LogP contribution in [0.15, 0.2) is 60.7 Å². The van der Waals surface area contributed by atoms with Gasteiger partial charge in [0.05, 0.1) is 0 Å². The second kappa shape index (κ2) is 7.90. The molecule has 148 valence electrons. The van der Waals surface area contributed by atoms with E-state index in [1.54, 1.807) is 12.1 Å². The Labute approximate surface area is 153 Å². The van der Waals surface area contributed by atoms with Crippen LogP contribution in [0.2, 0.25) is 0 Å². The highest BCUT2D eigenvalue weighted by Crippen LogP contribution is 2.55. The molecule has 0 radical (unpaired) electrons. The van der Waals surface area contributed by atoms with Crippen LogP contribution in [0.25, 0.3) is 0 Å². The second-order valence-corrected chi connectivity index (χ2v) is 6.46. The first-order valence-electron chi connectivity index (χ1n) is 8.22. The number of hydrogen-bond donors (Lipinski definition) is 2. The van der Waals surface area contributed by atoms with Gasteiger partial charge in [0.1, 0.15) is 0 Å². The van der Waals surface area contributed by atoms with E-state index in [1.165, 1.54) is 48.5 Å². The molecule has 2 nitrogen and oxygen atoms in total. The summed E-state index contributed by atoms with van der Waals surface area (Å²) in [5.74, 6) is 0. The number of benzene rings is 2. The molecule has 0 aliphatic carbocycles. The fourth-order valence-corrected chi connectivity index (χ4v) is 3.33. The molecular weight excluding hydrogens is 370 g/mol. The Bertz CT molecular complexity index is 649. The van der Waals surface area contributed by atoms with E-state index in [9.17, 15) is 26.3 Å². The van der Waals surface area contributed by atoms with Crippen molar-refractivity contribution in [2.45, 2.75) is 37.3 Å². The molecule has 2 aromatic carbocycles. The number of nitrogens with two attached hydrogens (primary N) is 2. The van der Waals surface area contributed by atoms with Gasteiger partial charge in [-0.05, 0) is 24.0 Å². The zero-order valence-corrected chi connectivity index (χ0v) is 14.3. The maximum atomic E-state index is 13.9. The van der Waals surface area contributed by atoms with Gasteiger partial charge in [0.25, 0.3) is 0 Å². The summed E-state index contributed by atoms with van der Waals surface area (Å²) in [6, 6.07) is 10.4. The molecule has 2 unspecified atom stereocenters. The number of alkyl halides is 6. The van der Waals surface area contributed by atoms with Crippen molar-refractivity contribution in [2.75, 3.05) is 0 Å². The zero-order valence-electron chi connectivity index (χ0n) is 14.3. The summed E-state index contributed by atoms with van der Waals surface area (Å²) < 4.78 is 83.4. The van der Waals surface area contributed by atoms with Gasteiger partial charge >= 0.3 is 12.4 Å². The maximum Gasteiger partial charge on any atom is 0.406 e. The van der Waals surface area contributed by atoms with Gasteiger partial charge in [0.2, 0.25) is 0 Å². The Morgan fingerprint density at radius 2 is 0.889 bits per heavy atom. The average Bonchev–Trinajstić information content (AvgIpc) is 2.54. The van der Waals surface area contributed by atoms with Crippen molar-refractivity contribution < 1.29 is 26.3 Å². The Kier molecular flexibility index (Phi) is 6.21. The van der Waals surface area contributed by atoms with Crippen LogP contribution in [0.1, 0.15) is 11.1 Å². The van der Waals surface area contributed by atoms with Gasteiger partial charge in [-0.3, -0.25) is 0 Å². The normalized spacial score (nSPS) is 15.4. The van der Waals surface area contributed by atoms with E-state index >= 15 is 0 Å². The quantitative estimate of drug-likeness (QED) is 0.725. The van der Waals surface area contributed by atoms with Gasteiger partial charge in [-0.1, -0.05) is 60.7 Å². The lowest BCUT2D eigenvalue weighted by atomic mass is 9.69. The van der Waals surface area contributed by atoms with Gasteiger partial charge in [0, 0.05) is 12.1 Å². The summed E-state index contributed by atoms with van der Waals surface area (Å²) in [4.78, 5) is 0. The van der Waals surface area contributed by atoms with Crippen molar-refractivity contribution in [1.29, 1.82) is 0 Å². The minimum Gasteiger partial charge on any atom is -0.326 e. The highest BCUT2D eigenvalue weighted by Gasteiger charge is 2.75. The summed E-state index contributed by atoms with van der Waals surface area (Å²) in [6.07, 6.45) is -12.6. The molecule has 0 fully saturated rings. The summed E-state index contributed by atoms with van der Waals surface area (Å²) in [7, 11) is 0. The molecule has 0 amide bonds. The van der Waals surface area contributed by atoms with Gasteiger partial charge < -0.3 is 11.5 Å². The van der Waals surface area contributed by atoms with E-state index in [2.05, 4.69) is 0 Å². The smallest absolute Gasteiger partial charge is 0.326 e. The van der Waals surface area contributed by atoms with E-state index in [4.69, 9.17) is 11.5 Å². The van der Waals surface area contributed by atoms with Gasteiger partial charge in [-0.25, -0.2) is 0 Å². The van der Waals surface area contributed by atoms with Crippen LogP contribution in [0.3, 0.4) is 0 Å². The highest BCUT2D eigenvalue weighted by molar-refractivity contribution is 5.22. The fraction of sp³-hybridized carbons (Fsp3) is 0.368. The van der Waals surface area contributed by atoms with Crippen molar-refractivity contribution >= 4 is 0 Å². The monoisotopic (exact) mass is 390 g/mol. The van der Waals surface area contributed by atoms with Crippen molar-refractivity contribution in [3.8, 4) is 0 Å². The van der Waals surface area contributed by atoms with Crippen molar-refractivity contribution in [3.05, 3.63) is 71.8 Å². The van der Waals surface area contributed by atoms with Crippen LogP contribution in [0.4, 0.5) is 26.3 Å². The molecule has 2 aromatic rings. The van der Waals surface area contributed by atoms with Crippen LogP contribution in [0, 0.1) is 5.41 Å². The van der Waals surface area contributed by atoms with Gasteiger partial charge in [-0.15, -0.1) is 0 Å². The molecule has 0 heterocycles. The first-order chi connectivity index (χ1) is 12.5. The third-order valence-corrected chi connectivity index (χ3v) is 4.70. The Morgan fingerprint density at radius 3 is 1.15 bits per heavy atom. The van der Waals surface area contributed by atoms with E-state index in [-0.39, 0.29) is 11.1 Å². The predicted molar refractivity (Wildman–Crippen MR) is 90.8 cm³/mol. The lowest BCUT2D eigenvalue weighted by Gasteiger charge is -2.45. The van der Waals surface area contributed by atoms with Crippen LogP contribution in [-0.2, 0) is 12.8 Å². The molecular formula is C19H20F6N2. The molecule has 4 N–H and O–H groups in total. The Hall–Kier alpha value is -2.06. The molecule has 8 heteroatoms. The van der Waals surface area contributed by atoms with E-state index in [0.717, 1.165) is 0 Å². The molecule has 27 heavy (non-hydrogen) atoms. The largest absolute Gasteiger partial charge is 0.406 e. The van der Waals surface area contributed by atoms with Gasteiger partial charge in [0.15, 0.2) is 5.41 Å². The zero-order chi connectivity index (χ0) is 20.3. The number of hydrogen-bond acceptors (Lipinski definition) is 2. The van der Waals surface area contributed by atoms with E-state index < -0.39 is 42.7 Å². The Balaban J connectivity index is 2.49. The lowest BCUT2D eigenvalue weighted by Crippen LogP contribution is -2.69. The first kappa shape index (κ1) is 21.2. The van der Waals surface area contributed by atoms with Crippen LogP contribution in [-0.4, -0.2) is 24.4 Å². The Morgan fingerprint density at radius 1 is 0.593 bits per heavy atom.